The highest BCUT2D eigenvalue weighted by molar-refractivity contribution is 5.85. The molecule has 4 bridgehead atoms. The van der Waals surface area contributed by atoms with E-state index in [1.165, 1.54) is 38.5 Å². The summed E-state index contributed by atoms with van der Waals surface area (Å²) in [5, 5.41) is 0. The van der Waals surface area contributed by atoms with E-state index in [0.717, 1.165) is 43.6 Å². The smallest absolute Gasteiger partial charge is 0.223 e. The first-order valence-electron chi connectivity index (χ1n) is 8.67. The van der Waals surface area contributed by atoms with Crippen LogP contribution >= 0.6 is 12.4 Å². The summed E-state index contributed by atoms with van der Waals surface area (Å²) in [7, 11) is 0. The fourth-order valence-electron chi connectivity index (χ4n) is 6.34. The lowest BCUT2D eigenvalue weighted by atomic mass is 9.49. The van der Waals surface area contributed by atoms with Crippen molar-refractivity contribution in [3.05, 3.63) is 0 Å². The summed E-state index contributed by atoms with van der Waals surface area (Å²) in [5.41, 5.74) is 6.21. The maximum atomic E-state index is 12.8. The standard InChI is InChI=1S/C17H28N2O.ClH/c18-11-15-2-1-3-19(15)16(20)10-17-7-12-4-13(8-17)6-14(5-12)9-17;/h12-15H,1-11,18H2;1H. The lowest BCUT2D eigenvalue weighted by Gasteiger charge is -2.57. The summed E-state index contributed by atoms with van der Waals surface area (Å²) in [6.45, 7) is 1.60. The van der Waals surface area contributed by atoms with Crippen LogP contribution in [0.15, 0.2) is 0 Å². The van der Waals surface area contributed by atoms with Crippen LogP contribution in [0.5, 0.6) is 0 Å². The van der Waals surface area contributed by atoms with Crippen LogP contribution < -0.4 is 5.73 Å². The molecule has 1 atom stereocenters. The van der Waals surface area contributed by atoms with Gasteiger partial charge in [0.15, 0.2) is 0 Å². The molecule has 0 radical (unpaired) electrons. The predicted octanol–water partition coefficient (Wildman–Crippen LogP) is 2.96. The van der Waals surface area contributed by atoms with Crippen molar-refractivity contribution in [2.24, 2.45) is 28.9 Å². The second-order valence-electron chi connectivity index (χ2n) is 8.21. The number of carbonyl (C=O) groups excluding carboxylic acids is 1. The van der Waals surface area contributed by atoms with Gasteiger partial charge in [0.2, 0.25) is 5.91 Å². The fraction of sp³-hybridized carbons (Fsp3) is 0.941. The molecular formula is C17H29ClN2O. The van der Waals surface area contributed by atoms with E-state index in [0.29, 0.717) is 23.9 Å². The van der Waals surface area contributed by atoms with Crippen molar-refractivity contribution >= 4 is 18.3 Å². The van der Waals surface area contributed by atoms with Crippen LogP contribution in [-0.4, -0.2) is 29.9 Å². The van der Waals surface area contributed by atoms with Gasteiger partial charge >= 0.3 is 0 Å². The van der Waals surface area contributed by atoms with Crippen LogP contribution in [0.2, 0.25) is 0 Å². The minimum Gasteiger partial charge on any atom is -0.338 e. The maximum absolute atomic E-state index is 12.8. The number of likely N-dealkylation sites (tertiary alicyclic amines) is 1. The van der Waals surface area contributed by atoms with E-state index in [9.17, 15) is 4.79 Å². The minimum atomic E-state index is 0. The highest BCUT2D eigenvalue weighted by Gasteiger charge is 2.52. The Bertz CT molecular complexity index is 376. The van der Waals surface area contributed by atoms with E-state index < -0.39 is 0 Å². The zero-order chi connectivity index (χ0) is 13.7. The van der Waals surface area contributed by atoms with Gasteiger partial charge in [0.25, 0.3) is 0 Å². The molecular weight excluding hydrogens is 284 g/mol. The van der Waals surface area contributed by atoms with Gasteiger partial charge in [-0.2, -0.15) is 0 Å². The van der Waals surface area contributed by atoms with Gasteiger partial charge in [-0.3, -0.25) is 4.79 Å². The van der Waals surface area contributed by atoms with Crippen molar-refractivity contribution in [1.29, 1.82) is 0 Å². The molecule has 5 rings (SSSR count). The Hall–Kier alpha value is -0.280. The second kappa shape index (κ2) is 5.73. The third kappa shape index (κ3) is 2.72. The number of halogens is 1. The van der Waals surface area contributed by atoms with Gasteiger partial charge < -0.3 is 10.6 Å². The molecule has 0 aromatic rings. The van der Waals surface area contributed by atoms with Gasteiger partial charge in [-0.05, 0) is 74.5 Å². The third-order valence-corrected chi connectivity index (χ3v) is 6.66. The molecule has 120 valence electrons. The molecule has 5 aliphatic rings. The largest absolute Gasteiger partial charge is 0.338 e. The summed E-state index contributed by atoms with van der Waals surface area (Å²) in [6.07, 6.45) is 11.5. The van der Waals surface area contributed by atoms with Crippen LogP contribution in [0.3, 0.4) is 0 Å². The Kier molecular flexibility index (Phi) is 4.26. The van der Waals surface area contributed by atoms with E-state index in [1.54, 1.807) is 0 Å². The van der Waals surface area contributed by atoms with Gasteiger partial charge in [-0.25, -0.2) is 0 Å². The second-order valence-corrected chi connectivity index (χ2v) is 8.21. The summed E-state index contributed by atoms with van der Waals surface area (Å²) in [6, 6.07) is 0.330. The molecule has 1 amide bonds. The zero-order valence-corrected chi connectivity index (χ0v) is 13.7. The lowest BCUT2D eigenvalue weighted by Crippen LogP contribution is -2.49. The van der Waals surface area contributed by atoms with Crippen molar-refractivity contribution in [2.45, 2.75) is 63.8 Å². The van der Waals surface area contributed by atoms with E-state index in [2.05, 4.69) is 4.90 Å². The van der Waals surface area contributed by atoms with Crippen LogP contribution in [-0.2, 0) is 4.79 Å². The monoisotopic (exact) mass is 312 g/mol. The lowest BCUT2D eigenvalue weighted by molar-refractivity contribution is -0.140. The first kappa shape index (κ1) is 15.6. The van der Waals surface area contributed by atoms with E-state index in [1.807, 2.05) is 0 Å². The van der Waals surface area contributed by atoms with Gasteiger partial charge in [-0.1, -0.05) is 0 Å². The Labute approximate surface area is 134 Å². The van der Waals surface area contributed by atoms with Crippen LogP contribution in [0.1, 0.15) is 57.8 Å². The van der Waals surface area contributed by atoms with Crippen molar-refractivity contribution in [3.63, 3.8) is 0 Å². The Morgan fingerprint density at radius 3 is 2.19 bits per heavy atom. The van der Waals surface area contributed by atoms with Gasteiger partial charge in [0.05, 0.1) is 0 Å². The van der Waals surface area contributed by atoms with Crippen molar-refractivity contribution < 1.29 is 4.79 Å². The van der Waals surface area contributed by atoms with Crippen molar-refractivity contribution in [3.8, 4) is 0 Å². The zero-order valence-electron chi connectivity index (χ0n) is 12.9. The Balaban J connectivity index is 0.00000132. The number of hydrogen-bond acceptors (Lipinski definition) is 2. The van der Waals surface area contributed by atoms with Crippen LogP contribution in [0.4, 0.5) is 0 Å². The molecule has 4 heteroatoms. The van der Waals surface area contributed by atoms with E-state index >= 15 is 0 Å². The summed E-state index contributed by atoms with van der Waals surface area (Å²) in [4.78, 5) is 14.9. The number of amides is 1. The summed E-state index contributed by atoms with van der Waals surface area (Å²) in [5.74, 6) is 3.24. The SMILES string of the molecule is Cl.NCC1CCCN1C(=O)CC12CC3CC(CC(C3)C1)C2. The number of nitrogens with zero attached hydrogens (tertiary/aromatic N) is 1. The molecule has 0 aromatic heterocycles. The maximum Gasteiger partial charge on any atom is 0.223 e. The molecule has 4 aliphatic carbocycles. The Morgan fingerprint density at radius 1 is 1.10 bits per heavy atom. The third-order valence-electron chi connectivity index (χ3n) is 6.66. The average Bonchev–Trinajstić information content (AvgIpc) is 2.84. The first-order valence-corrected chi connectivity index (χ1v) is 8.67. The quantitative estimate of drug-likeness (QED) is 0.871. The van der Waals surface area contributed by atoms with E-state index in [-0.39, 0.29) is 12.4 Å². The van der Waals surface area contributed by atoms with Crippen LogP contribution in [0, 0.1) is 23.2 Å². The first-order chi connectivity index (χ1) is 9.67. The molecule has 1 heterocycles. The highest BCUT2D eigenvalue weighted by atomic mass is 35.5. The molecule has 0 spiro atoms. The molecule has 1 aliphatic heterocycles. The molecule has 1 unspecified atom stereocenters. The summed E-state index contributed by atoms with van der Waals surface area (Å²) >= 11 is 0. The van der Waals surface area contributed by atoms with Crippen LogP contribution in [0.25, 0.3) is 0 Å². The molecule has 2 N–H and O–H groups in total. The molecule has 4 saturated carbocycles. The number of nitrogens with two attached hydrogens (primary N) is 1. The number of hydrogen-bond donors (Lipinski definition) is 1. The molecule has 21 heavy (non-hydrogen) atoms. The molecule has 3 nitrogen and oxygen atoms in total. The number of rotatable bonds is 3. The van der Waals surface area contributed by atoms with E-state index in [4.69, 9.17) is 5.73 Å². The van der Waals surface area contributed by atoms with Crippen molar-refractivity contribution in [2.75, 3.05) is 13.1 Å². The topological polar surface area (TPSA) is 46.3 Å². The van der Waals surface area contributed by atoms with Gasteiger partial charge in [0.1, 0.15) is 0 Å². The molecule has 1 saturated heterocycles. The fourth-order valence-corrected chi connectivity index (χ4v) is 6.34. The Morgan fingerprint density at radius 2 is 1.67 bits per heavy atom. The minimum absolute atomic E-state index is 0. The molecule has 5 fully saturated rings. The average molecular weight is 313 g/mol. The summed E-state index contributed by atoms with van der Waals surface area (Å²) < 4.78 is 0. The molecule has 0 aromatic carbocycles. The normalized spacial score (nSPS) is 44.0. The number of carbonyl (C=O) groups is 1. The van der Waals surface area contributed by atoms with Crippen molar-refractivity contribution in [1.82, 2.24) is 4.90 Å². The predicted molar refractivity (Wildman–Crippen MR) is 86.3 cm³/mol. The highest BCUT2D eigenvalue weighted by Crippen LogP contribution is 2.61. The van der Waals surface area contributed by atoms with Gasteiger partial charge in [0, 0.05) is 25.6 Å². The van der Waals surface area contributed by atoms with Gasteiger partial charge in [-0.15, -0.1) is 12.4 Å².